The zero-order chi connectivity index (χ0) is 12.5. The van der Waals surface area contributed by atoms with Crippen LogP contribution in [0.3, 0.4) is 0 Å². The van der Waals surface area contributed by atoms with E-state index in [1.54, 1.807) is 0 Å². The molecule has 2 aromatic heterocycles. The van der Waals surface area contributed by atoms with Crippen LogP contribution in [0.4, 0.5) is 5.82 Å². The molecule has 0 radical (unpaired) electrons. The van der Waals surface area contributed by atoms with E-state index < -0.39 is 15.6 Å². The zero-order valence-corrected chi connectivity index (χ0v) is 9.84. The fraction of sp³-hybridized carbons (Fsp3) is 0. The summed E-state index contributed by atoms with van der Waals surface area (Å²) >= 11 is 5.55. The maximum atomic E-state index is 11.8. The maximum Gasteiger partial charge on any atom is 0.266 e. The molecule has 2 rings (SSSR count). The van der Waals surface area contributed by atoms with Gasteiger partial charge < -0.3 is 4.98 Å². The first-order valence-corrected chi connectivity index (χ1v) is 6.25. The SMILES string of the molecule is O=c1[nH]cc(S(=O)(=O)Nc2ccn[nH]2)cc1Cl. The lowest BCUT2D eigenvalue weighted by Gasteiger charge is -2.05. The summed E-state index contributed by atoms with van der Waals surface area (Å²) in [5.74, 6) is 0.215. The van der Waals surface area contributed by atoms with E-state index in [0.29, 0.717) is 0 Å². The fourth-order valence-corrected chi connectivity index (χ4v) is 2.35. The van der Waals surface area contributed by atoms with Crippen LogP contribution in [0.25, 0.3) is 0 Å². The van der Waals surface area contributed by atoms with Crippen molar-refractivity contribution in [2.24, 2.45) is 0 Å². The Labute approximate surface area is 101 Å². The molecule has 0 amide bonds. The number of aromatic nitrogens is 3. The van der Waals surface area contributed by atoms with Crippen molar-refractivity contribution >= 4 is 27.4 Å². The van der Waals surface area contributed by atoms with E-state index in [9.17, 15) is 13.2 Å². The van der Waals surface area contributed by atoms with Gasteiger partial charge in [-0.05, 0) is 6.07 Å². The largest absolute Gasteiger partial charge is 0.326 e. The number of hydrogen-bond donors (Lipinski definition) is 3. The number of halogens is 1. The molecule has 0 saturated heterocycles. The number of aromatic amines is 2. The lowest BCUT2D eigenvalue weighted by molar-refractivity contribution is 0.600. The number of nitrogens with one attached hydrogen (secondary N) is 3. The molecule has 0 aliphatic heterocycles. The van der Waals surface area contributed by atoms with Crippen molar-refractivity contribution in [2.45, 2.75) is 4.90 Å². The van der Waals surface area contributed by atoms with E-state index in [-0.39, 0.29) is 15.7 Å². The number of anilines is 1. The summed E-state index contributed by atoms with van der Waals surface area (Å²) in [6, 6.07) is 2.52. The fourth-order valence-electron chi connectivity index (χ4n) is 1.11. The van der Waals surface area contributed by atoms with E-state index in [1.807, 2.05) is 0 Å². The third kappa shape index (κ3) is 2.48. The van der Waals surface area contributed by atoms with Gasteiger partial charge in [-0.2, -0.15) is 5.10 Å². The van der Waals surface area contributed by atoms with Crippen LogP contribution in [0.2, 0.25) is 5.02 Å². The van der Waals surface area contributed by atoms with Crippen LogP contribution in [-0.4, -0.2) is 23.6 Å². The minimum absolute atomic E-state index is 0.142. The molecule has 3 N–H and O–H groups in total. The molecular weight excluding hydrogens is 268 g/mol. The first-order valence-electron chi connectivity index (χ1n) is 4.39. The molecule has 0 fully saturated rings. The van der Waals surface area contributed by atoms with Crippen LogP contribution >= 0.6 is 11.6 Å². The molecule has 0 atom stereocenters. The molecule has 0 spiro atoms. The van der Waals surface area contributed by atoms with Crippen LogP contribution < -0.4 is 10.3 Å². The van der Waals surface area contributed by atoms with E-state index in [4.69, 9.17) is 11.6 Å². The van der Waals surface area contributed by atoms with Crippen molar-refractivity contribution in [3.8, 4) is 0 Å². The monoisotopic (exact) mass is 274 g/mol. The van der Waals surface area contributed by atoms with E-state index in [0.717, 1.165) is 12.3 Å². The van der Waals surface area contributed by atoms with Gasteiger partial charge in [0.15, 0.2) is 0 Å². The average molecular weight is 275 g/mol. The Morgan fingerprint density at radius 3 is 2.76 bits per heavy atom. The second-order valence-corrected chi connectivity index (χ2v) is 5.18. The molecule has 9 heteroatoms. The van der Waals surface area contributed by atoms with E-state index in [1.165, 1.54) is 12.3 Å². The Kier molecular flexibility index (Phi) is 2.90. The summed E-state index contributed by atoms with van der Waals surface area (Å²) in [6.45, 7) is 0. The second-order valence-electron chi connectivity index (χ2n) is 3.09. The predicted octanol–water partition coefficient (Wildman–Crippen LogP) is 0.552. The molecule has 0 aromatic carbocycles. The number of H-pyrrole nitrogens is 2. The van der Waals surface area contributed by atoms with Crippen LogP contribution in [0.5, 0.6) is 0 Å². The number of pyridine rings is 1. The Bertz CT molecular complexity index is 677. The first-order chi connectivity index (χ1) is 7.99. The molecule has 17 heavy (non-hydrogen) atoms. The van der Waals surface area contributed by atoms with Gasteiger partial charge in [-0.1, -0.05) is 11.6 Å². The van der Waals surface area contributed by atoms with Gasteiger partial charge in [0, 0.05) is 12.3 Å². The molecule has 0 aliphatic rings. The molecular formula is C8H7ClN4O3S. The van der Waals surface area contributed by atoms with Gasteiger partial charge in [-0.15, -0.1) is 0 Å². The Balaban J connectivity index is 2.38. The summed E-state index contributed by atoms with van der Waals surface area (Å²) in [5, 5.41) is 5.84. The predicted molar refractivity (Wildman–Crippen MR) is 61.5 cm³/mol. The van der Waals surface area contributed by atoms with Crippen molar-refractivity contribution in [3.63, 3.8) is 0 Å². The van der Waals surface area contributed by atoms with Gasteiger partial charge in [-0.3, -0.25) is 14.6 Å². The van der Waals surface area contributed by atoms with Gasteiger partial charge in [0.2, 0.25) is 0 Å². The highest BCUT2D eigenvalue weighted by molar-refractivity contribution is 7.92. The number of hydrogen-bond acceptors (Lipinski definition) is 4. The quantitative estimate of drug-likeness (QED) is 0.759. The first kappa shape index (κ1) is 11.7. The van der Waals surface area contributed by atoms with E-state index >= 15 is 0 Å². The maximum absolute atomic E-state index is 11.8. The summed E-state index contributed by atoms with van der Waals surface area (Å²) < 4.78 is 25.9. The van der Waals surface area contributed by atoms with Gasteiger partial charge in [0.25, 0.3) is 15.6 Å². The third-order valence-corrected chi connectivity index (χ3v) is 3.51. The van der Waals surface area contributed by atoms with E-state index in [2.05, 4.69) is 19.9 Å². The van der Waals surface area contributed by atoms with Crippen molar-refractivity contribution in [2.75, 3.05) is 4.72 Å². The smallest absolute Gasteiger partial charge is 0.266 e. The minimum Gasteiger partial charge on any atom is -0.326 e. The summed E-state index contributed by atoms with van der Waals surface area (Å²) in [5.41, 5.74) is -0.549. The molecule has 2 heterocycles. The summed E-state index contributed by atoms with van der Waals surface area (Å²) in [4.78, 5) is 13.1. The van der Waals surface area contributed by atoms with Gasteiger partial charge >= 0.3 is 0 Å². The lowest BCUT2D eigenvalue weighted by Crippen LogP contribution is -2.16. The molecule has 0 aliphatic carbocycles. The number of nitrogens with zero attached hydrogens (tertiary/aromatic N) is 1. The van der Waals surface area contributed by atoms with Gasteiger partial charge in [0.1, 0.15) is 15.7 Å². The standard InChI is InChI=1S/C8H7ClN4O3S/c9-6-3-5(4-10-8(6)14)17(15,16)13-7-1-2-11-12-7/h1-4H,(H,10,14)(H2,11,12,13). The Morgan fingerprint density at radius 2 is 2.18 bits per heavy atom. The van der Waals surface area contributed by atoms with Crippen molar-refractivity contribution in [1.29, 1.82) is 0 Å². The Hall–Kier alpha value is -1.80. The highest BCUT2D eigenvalue weighted by Gasteiger charge is 2.16. The van der Waals surface area contributed by atoms with Crippen LogP contribution in [0.15, 0.2) is 34.2 Å². The highest BCUT2D eigenvalue weighted by atomic mass is 35.5. The van der Waals surface area contributed by atoms with Crippen LogP contribution in [-0.2, 0) is 10.0 Å². The average Bonchev–Trinajstić information content (AvgIpc) is 2.73. The topological polar surface area (TPSA) is 108 Å². The van der Waals surface area contributed by atoms with Crippen molar-refractivity contribution in [3.05, 3.63) is 39.9 Å². The summed E-state index contributed by atoms with van der Waals surface area (Å²) in [6.07, 6.45) is 2.46. The molecule has 90 valence electrons. The molecule has 2 aromatic rings. The molecule has 0 bridgehead atoms. The lowest BCUT2D eigenvalue weighted by atomic mass is 10.5. The van der Waals surface area contributed by atoms with Gasteiger partial charge in [-0.25, -0.2) is 8.42 Å². The van der Waals surface area contributed by atoms with Crippen LogP contribution in [0, 0.1) is 0 Å². The molecule has 0 unspecified atom stereocenters. The second kappa shape index (κ2) is 4.22. The number of rotatable bonds is 3. The zero-order valence-electron chi connectivity index (χ0n) is 8.27. The van der Waals surface area contributed by atoms with Crippen molar-refractivity contribution < 1.29 is 8.42 Å². The van der Waals surface area contributed by atoms with Crippen molar-refractivity contribution in [1.82, 2.24) is 15.2 Å². The normalized spacial score (nSPS) is 11.4. The van der Waals surface area contributed by atoms with Crippen LogP contribution in [0.1, 0.15) is 0 Å². The summed E-state index contributed by atoms with van der Waals surface area (Å²) in [7, 11) is -3.80. The minimum atomic E-state index is -3.80. The Morgan fingerprint density at radius 1 is 1.41 bits per heavy atom. The highest BCUT2D eigenvalue weighted by Crippen LogP contribution is 2.14. The molecule has 0 saturated carbocycles. The third-order valence-electron chi connectivity index (χ3n) is 1.89. The molecule has 7 nitrogen and oxygen atoms in total. The van der Waals surface area contributed by atoms with Gasteiger partial charge in [0.05, 0.1) is 6.20 Å². The number of sulfonamides is 1.